The van der Waals surface area contributed by atoms with E-state index in [2.05, 4.69) is 43.1 Å². The van der Waals surface area contributed by atoms with Crippen molar-refractivity contribution in [2.24, 2.45) is 5.92 Å². The smallest absolute Gasteiger partial charge is 0.251 e. The van der Waals surface area contributed by atoms with E-state index in [9.17, 15) is 4.79 Å². The van der Waals surface area contributed by atoms with E-state index >= 15 is 0 Å². The molecule has 31 heavy (non-hydrogen) atoms. The quantitative estimate of drug-likeness (QED) is 0.740. The molecular formula is C26H34N2O3. The van der Waals surface area contributed by atoms with Crippen LogP contribution in [0.15, 0.2) is 42.5 Å². The first-order valence-corrected chi connectivity index (χ1v) is 11.3. The Morgan fingerprint density at radius 2 is 2.00 bits per heavy atom. The van der Waals surface area contributed by atoms with Gasteiger partial charge in [0.25, 0.3) is 5.91 Å². The van der Waals surface area contributed by atoms with Crippen LogP contribution in [-0.2, 0) is 6.54 Å². The fourth-order valence-electron chi connectivity index (χ4n) is 4.78. The highest BCUT2D eigenvalue weighted by Crippen LogP contribution is 2.41. The average molecular weight is 423 g/mol. The summed E-state index contributed by atoms with van der Waals surface area (Å²) in [6.07, 6.45) is 3.30. The van der Waals surface area contributed by atoms with Gasteiger partial charge in [-0.1, -0.05) is 19.1 Å². The minimum absolute atomic E-state index is 0.0605. The monoisotopic (exact) mass is 422 g/mol. The molecule has 2 aromatic rings. The molecule has 0 saturated carbocycles. The molecule has 2 heterocycles. The number of amides is 1. The van der Waals surface area contributed by atoms with E-state index in [1.165, 1.54) is 18.4 Å². The number of nitrogens with zero attached hydrogens (tertiary/aromatic N) is 1. The molecular weight excluding hydrogens is 388 g/mol. The van der Waals surface area contributed by atoms with Crippen LogP contribution in [0.1, 0.15) is 67.6 Å². The Balaban J connectivity index is 1.45. The molecule has 0 bridgehead atoms. The molecule has 2 aliphatic rings. The highest BCUT2D eigenvalue weighted by molar-refractivity contribution is 5.94. The second-order valence-corrected chi connectivity index (χ2v) is 9.68. The van der Waals surface area contributed by atoms with Crippen LogP contribution >= 0.6 is 0 Å². The zero-order valence-electron chi connectivity index (χ0n) is 19.1. The Morgan fingerprint density at radius 3 is 2.71 bits per heavy atom. The van der Waals surface area contributed by atoms with Gasteiger partial charge in [-0.15, -0.1) is 0 Å². The zero-order chi connectivity index (χ0) is 22.0. The standard InChI is InChI=1S/C26H34N2O3/c1-18-6-5-13-28(16-18)17-19-7-9-20(10-8-19)25(29)27-23-15-26(2,3)31-24-12-11-21(30-4)14-22(23)24/h7-12,14,18,23H,5-6,13,15-17H2,1-4H3,(H,27,29). The van der Waals surface area contributed by atoms with Gasteiger partial charge >= 0.3 is 0 Å². The van der Waals surface area contributed by atoms with Crippen molar-refractivity contribution < 1.29 is 14.3 Å². The van der Waals surface area contributed by atoms with Gasteiger partial charge in [0.05, 0.1) is 13.2 Å². The molecule has 5 nitrogen and oxygen atoms in total. The van der Waals surface area contributed by atoms with Crippen molar-refractivity contribution >= 4 is 5.91 Å². The van der Waals surface area contributed by atoms with Crippen LogP contribution in [0.25, 0.3) is 0 Å². The van der Waals surface area contributed by atoms with Crippen molar-refractivity contribution in [3.63, 3.8) is 0 Å². The first kappa shape index (κ1) is 21.7. The van der Waals surface area contributed by atoms with Crippen LogP contribution in [0.2, 0.25) is 0 Å². The molecule has 1 N–H and O–H groups in total. The third-order valence-electron chi connectivity index (χ3n) is 6.34. The summed E-state index contributed by atoms with van der Waals surface area (Å²) >= 11 is 0. The van der Waals surface area contributed by atoms with Crippen LogP contribution < -0.4 is 14.8 Å². The molecule has 5 heteroatoms. The normalized spacial score (nSPS) is 22.8. The number of ether oxygens (including phenoxy) is 2. The second kappa shape index (κ2) is 8.91. The lowest BCUT2D eigenvalue weighted by atomic mass is 9.89. The number of rotatable bonds is 5. The summed E-state index contributed by atoms with van der Waals surface area (Å²) in [5.74, 6) is 2.27. The van der Waals surface area contributed by atoms with Gasteiger partial charge in [0, 0.05) is 30.6 Å². The lowest BCUT2D eigenvalue weighted by Gasteiger charge is -2.38. The Kier molecular flexibility index (Phi) is 6.24. The van der Waals surface area contributed by atoms with Crippen LogP contribution in [0.3, 0.4) is 0 Å². The summed E-state index contributed by atoms with van der Waals surface area (Å²) < 4.78 is 11.5. The number of carbonyl (C=O) groups is 1. The SMILES string of the molecule is COc1ccc2c(c1)C(NC(=O)c1ccc(CN3CCCC(C)C3)cc1)CC(C)(C)O2. The summed E-state index contributed by atoms with van der Waals surface area (Å²) in [6.45, 7) is 9.70. The van der Waals surface area contributed by atoms with E-state index in [0.717, 1.165) is 42.6 Å². The lowest BCUT2D eigenvalue weighted by molar-refractivity contribution is 0.0618. The minimum atomic E-state index is -0.352. The molecule has 0 aromatic heterocycles. The molecule has 166 valence electrons. The Hall–Kier alpha value is -2.53. The molecule has 1 amide bonds. The fraction of sp³-hybridized carbons (Fsp3) is 0.500. The van der Waals surface area contributed by atoms with Gasteiger partial charge in [0.15, 0.2) is 0 Å². The Bertz CT molecular complexity index is 923. The topological polar surface area (TPSA) is 50.8 Å². The fourth-order valence-corrected chi connectivity index (χ4v) is 4.78. The lowest BCUT2D eigenvalue weighted by Crippen LogP contribution is -2.41. The molecule has 0 radical (unpaired) electrons. The zero-order valence-corrected chi connectivity index (χ0v) is 19.1. The largest absolute Gasteiger partial charge is 0.497 e. The molecule has 4 rings (SSSR count). The van der Waals surface area contributed by atoms with Crippen molar-refractivity contribution in [1.82, 2.24) is 10.2 Å². The average Bonchev–Trinajstić information content (AvgIpc) is 2.73. The minimum Gasteiger partial charge on any atom is -0.497 e. The molecule has 0 aliphatic carbocycles. The van der Waals surface area contributed by atoms with Crippen LogP contribution in [0.5, 0.6) is 11.5 Å². The van der Waals surface area contributed by atoms with E-state index in [0.29, 0.717) is 12.0 Å². The number of carbonyl (C=O) groups excluding carboxylic acids is 1. The Labute approximate surface area is 185 Å². The number of fused-ring (bicyclic) bond motifs is 1. The van der Waals surface area contributed by atoms with Gasteiger partial charge < -0.3 is 14.8 Å². The first-order chi connectivity index (χ1) is 14.8. The molecule has 2 unspecified atom stereocenters. The summed E-state index contributed by atoms with van der Waals surface area (Å²) in [5, 5.41) is 3.22. The number of methoxy groups -OCH3 is 1. The van der Waals surface area contributed by atoms with E-state index < -0.39 is 0 Å². The molecule has 1 fully saturated rings. The van der Waals surface area contributed by atoms with Gasteiger partial charge in [-0.25, -0.2) is 0 Å². The Morgan fingerprint density at radius 1 is 1.23 bits per heavy atom. The number of piperidine rings is 1. The maximum atomic E-state index is 13.0. The van der Waals surface area contributed by atoms with E-state index in [1.807, 2.05) is 30.3 Å². The highest BCUT2D eigenvalue weighted by Gasteiger charge is 2.35. The van der Waals surface area contributed by atoms with Gasteiger partial charge in [-0.05, 0) is 75.0 Å². The molecule has 2 aromatic carbocycles. The number of benzene rings is 2. The molecule has 2 atom stereocenters. The van der Waals surface area contributed by atoms with E-state index in [-0.39, 0.29) is 17.6 Å². The molecule has 1 saturated heterocycles. The number of nitrogens with one attached hydrogen (secondary N) is 1. The first-order valence-electron chi connectivity index (χ1n) is 11.3. The third-order valence-corrected chi connectivity index (χ3v) is 6.34. The predicted molar refractivity (Wildman–Crippen MR) is 123 cm³/mol. The maximum Gasteiger partial charge on any atom is 0.251 e. The third kappa shape index (κ3) is 5.21. The van der Waals surface area contributed by atoms with E-state index in [1.54, 1.807) is 7.11 Å². The van der Waals surface area contributed by atoms with Crippen molar-refractivity contribution in [1.29, 1.82) is 0 Å². The van der Waals surface area contributed by atoms with E-state index in [4.69, 9.17) is 9.47 Å². The van der Waals surface area contributed by atoms with Crippen LogP contribution in [0.4, 0.5) is 0 Å². The summed E-state index contributed by atoms with van der Waals surface area (Å²) in [7, 11) is 1.65. The van der Waals surface area contributed by atoms with Crippen LogP contribution in [-0.4, -0.2) is 36.6 Å². The number of hydrogen-bond donors (Lipinski definition) is 1. The second-order valence-electron chi connectivity index (χ2n) is 9.68. The maximum absolute atomic E-state index is 13.0. The van der Waals surface area contributed by atoms with Gasteiger partial charge in [-0.2, -0.15) is 0 Å². The van der Waals surface area contributed by atoms with Gasteiger partial charge in [0.1, 0.15) is 17.1 Å². The molecule has 0 spiro atoms. The summed E-state index contributed by atoms with van der Waals surface area (Å²) in [5.41, 5.74) is 2.55. The summed E-state index contributed by atoms with van der Waals surface area (Å²) in [6, 6.07) is 13.7. The molecule has 2 aliphatic heterocycles. The highest BCUT2D eigenvalue weighted by atomic mass is 16.5. The van der Waals surface area contributed by atoms with Crippen LogP contribution in [0, 0.1) is 5.92 Å². The van der Waals surface area contributed by atoms with Crippen molar-refractivity contribution in [3.05, 3.63) is 59.2 Å². The number of hydrogen-bond acceptors (Lipinski definition) is 4. The van der Waals surface area contributed by atoms with Gasteiger partial charge in [0.2, 0.25) is 0 Å². The van der Waals surface area contributed by atoms with Crippen molar-refractivity contribution in [2.45, 2.75) is 58.2 Å². The van der Waals surface area contributed by atoms with Crippen molar-refractivity contribution in [3.8, 4) is 11.5 Å². The summed E-state index contributed by atoms with van der Waals surface area (Å²) in [4.78, 5) is 15.6. The number of likely N-dealkylation sites (tertiary alicyclic amines) is 1. The van der Waals surface area contributed by atoms with Crippen molar-refractivity contribution in [2.75, 3.05) is 20.2 Å². The van der Waals surface area contributed by atoms with Gasteiger partial charge in [-0.3, -0.25) is 9.69 Å². The predicted octanol–water partition coefficient (Wildman–Crippen LogP) is 4.96.